The zero-order chi connectivity index (χ0) is 7.40. The number of nitrogens with one attached hydrogen (secondary N) is 1. The number of carbonyl (C=O) groups is 1. The lowest BCUT2D eigenvalue weighted by Gasteiger charge is -2.22. The van der Waals surface area contributed by atoms with Gasteiger partial charge in [0.25, 0.3) is 0 Å². The first kappa shape index (κ1) is 7.66. The van der Waals surface area contributed by atoms with Crippen LogP contribution < -0.4 is 5.32 Å². The van der Waals surface area contributed by atoms with E-state index in [-0.39, 0.29) is 5.92 Å². The summed E-state index contributed by atoms with van der Waals surface area (Å²) in [5.74, 6) is -0.0775. The Morgan fingerprint density at radius 1 is 1.70 bits per heavy atom. The summed E-state index contributed by atoms with van der Waals surface area (Å²) in [6.45, 7) is 1.61. The van der Waals surface area contributed by atoms with E-state index in [0.717, 1.165) is 19.4 Å². The van der Waals surface area contributed by atoms with Crippen LogP contribution in [0.25, 0.3) is 0 Å². The van der Waals surface area contributed by atoms with Gasteiger partial charge in [-0.25, -0.2) is 4.39 Å². The van der Waals surface area contributed by atoms with Crippen molar-refractivity contribution in [2.24, 2.45) is 5.92 Å². The number of piperidine rings is 1. The predicted molar refractivity (Wildman–Crippen MR) is 36.6 cm³/mol. The molecule has 2 nitrogen and oxygen atoms in total. The topological polar surface area (TPSA) is 29.1 Å². The third kappa shape index (κ3) is 1.77. The van der Waals surface area contributed by atoms with Crippen molar-refractivity contribution in [2.45, 2.75) is 19.0 Å². The lowest BCUT2D eigenvalue weighted by molar-refractivity contribution is -0.113. The van der Waals surface area contributed by atoms with Gasteiger partial charge in [-0.3, -0.25) is 0 Å². The fraction of sp³-hybridized carbons (Fsp3) is 0.857. The Hall–Kier alpha value is -0.440. The number of rotatable bonds is 2. The predicted octanol–water partition coefficient (Wildman–Crippen LogP) is 0.523. The molecule has 2 atom stereocenters. The van der Waals surface area contributed by atoms with E-state index in [9.17, 15) is 9.18 Å². The molecule has 1 fully saturated rings. The van der Waals surface area contributed by atoms with Crippen LogP contribution in [0.5, 0.6) is 0 Å². The molecule has 1 aliphatic heterocycles. The molecule has 0 aromatic heterocycles. The summed E-state index contributed by atoms with van der Waals surface area (Å²) in [4.78, 5) is 10.0. The molecule has 0 aromatic rings. The monoisotopic (exact) mass is 145 g/mol. The summed E-state index contributed by atoms with van der Waals surface area (Å²) >= 11 is 0. The van der Waals surface area contributed by atoms with E-state index in [4.69, 9.17) is 0 Å². The Labute approximate surface area is 59.8 Å². The van der Waals surface area contributed by atoms with Gasteiger partial charge >= 0.3 is 0 Å². The number of hydrogen-bond acceptors (Lipinski definition) is 2. The fourth-order valence-electron chi connectivity index (χ4n) is 1.26. The molecular formula is C7H12FNO. The fourth-order valence-corrected chi connectivity index (χ4v) is 1.26. The molecule has 0 radical (unpaired) electrons. The Bertz CT molecular complexity index is 112. The molecule has 1 aliphatic rings. The third-order valence-electron chi connectivity index (χ3n) is 1.92. The molecule has 10 heavy (non-hydrogen) atoms. The number of aldehydes is 1. The zero-order valence-corrected chi connectivity index (χ0v) is 5.85. The van der Waals surface area contributed by atoms with Gasteiger partial charge in [0.1, 0.15) is 0 Å². The van der Waals surface area contributed by atoms with Gasteiger partial charge in [-0.1, -0.05) is 0 Å². The second-order valence-corrected chi connectivity index (χ2v) is 2.69. The maximum Gasteiger partial charge on any atom is 0.159 e. The van der Waals surface area contributed by atoms with Crippen molar-refractivity contribution >= 4 is 6.29 Å². The van der Waals surface area contributed by atoms with E-state index in [0.29, 0.717) is 12.8 Å². The van der Waals surface area contributed by atoms with E-state index in [2.05, 4.69) is 5.32 Å². The van der Waals surface area contributed by atoms with Crippen molar-refractivity contribution in [3.05, 3.63) is 0 Å². The van der Waals surface area contributed by atoms with Crippen LogP contribution in [0.3, 0.4) is 0 Å². The second-order valence-electron chi connectivity index (χ2n) is 2.69. The minimum absolute atomic E-state index is 0.0775. The van der Waals surface area contributed by atoms with Gasteiger partial charge in [-0.05, 0) is 19.4 Å². The van der Waals surface area contributed by atoms with Gasteiger partial charge < -0.3 is 10.1 Å². The molecule has 0 saturated carbocycles. The molecule has 0 spiro atoms. The maximum atomic E-state index is 12.6. The van der Waals surface area contributed by atoms with Crippen molar-refractivity contribution in [1.82, 2.24) is 5.32 Å². The number of carbonyl (C=O) groups excluding carboxylic acids is 1. The summed E-state index contributed by atoms with van der Waals surface area (Å²) in [7, 11) is 0. The minimum atomic E-state index is -1.26. The molecular weight excluding hydrogens is 133 g/mol. The zero-order valence-electron chi connectivity index (χ0n) is 5.85. The van der Waals surface area contributed by atoms with Crippen molar-refractivity contribution in [3.8, 4) is 0 Å². The molecule has 2 unspecified atom stereocenters. The van der Waals surface area contributed by atoms with Crippen molar-refractivity contribution in [2.75, 3.05) is 13.1 Å². The van der Waals surface area contributed by atoms with E-state index < -0.39 is 6.17 Å². The van der Waals surface area contributed by atoms with Crippen LogP contribution >= 0.6 is 0 Å². The smallest absolute Gasteiger partial charge is 0.159 e. The molecule has 0 aromatic carbocycles. The van der Waals surface area contributed by atoms with Crippen LogP contribution in [0, 0.1) is 5.92 Å². The molecule has 1 N–H and O–H groups in total. The highest BCUT2D eigenvalue weighted by Crippen LogP contribution is 2.15. The van der Waals surface area contributed by atoms with E-state index in [1.165, 1.54) is 0 Å². The van der Waals surface area contributed by atoms with Crippen molar-refractivity contribution in [1.29, 1.82) is 0 Å². The largest absolute Gasteiger partial charge is 0.316 e. The van der Waals surface area contributed by atoms with E-state index in [1.807, 2.05) is 0 Å². The highest BCUT2D eigenvalue weighted by Gasteiger charge is 2.21. The van der Waals surface area contributed by atoms with Crippen LogP contribution in [-0.2, 0) is 4.79 Å². The van der Waals surface area contributed by atoms with E-state index >= 15 is 0 Å². The summed E-state index contributed by atoms with van der Waals surface area (Å²) < 4.78 is 12.6. The van der Waals surface area contributed by atoms with Gasteiger partial charge in [0, 0.05) is 12.5 Å². The van der Waals surface area contributed by atoms with Gasteiger partial charge in [0.2, 0.25) is 0 Å². The van der Waals surface area contributed by atoms with Gasteiger partial charge in [0.05, 0.1) is 0 Å². The van der Waals surface area contributed by atoms with Crippen LogP contribution in [0.2, 0.25) is 0 Å². The summed E-state index contributed by atoms with van der Waals surface area (Å²) in [5, 5.41) is 3.05. The van der Waals surface area contributed by atoms with E-state index in [1.54, 1.807) is 0 Å². The first-order chi connectivity index (χ1) is 4.84. The van der Waals surface area contributed by atoms with Crippen LogP contribution in [0.1, 0.15) is 12.8 Å². The Kier molecular flexibility index (Phi) is 2.81. The van der Waals surface area contributed by atoms with Crippen LogP contribution in [-0.4, -0.2) is 25.5 Å². The average Bonchev–Trinajstić information content (AvgIpc) is 2.05. The number of alkyl halides is 1. The summed E-state index contributed by atoms with van der Waals surface area (Å²) in [6.07, 6.45) is 0.969. The highest BCUT2D eigenvalue weighted by atomic mass is 19.1. The molecule has 1 heterocycles. The van der Waals surface area contributed by atoms with Crippen molar-refractivity contribution < 1.29 is 9.18 Å². The Morgan fingerprint density at radius 2 is 2.50 bits per heavy atom. The molecule has 1 rings (SSSR count). The number of hydrogen-bond donors (Lipinski definition) is 1. The molecule has 0 aliphatic carbocycles. The second kappa shape index (κ2) is 3.66. The maximum absolute atomic E-state index is 12.6. The standard InChI is InChI=1S/C7H12FNO/c8-7(5-10)6-2-1-3-9-4-6/h5-7,9H,1-4H2. The highest BCUT2D eigenvalue weighted by molar-refractivity contribution is 5.56. The van der Waals surface area contributed by atoms with Gasteiger partial charge in [-0.15, -0.1) is 0 Å². The SMILES string of the molecule is O=CC(F)C1CCCNC1. The summed E-state index contributed by atoms with van der Waals surface area (Å²) in [5.41, 5.74) is 0. The normalized spacial score (nSPS) is 29.5. The van der Waals surface area contributed by atoms with Crippen LogP contribution in [0.15, 0.2) is 0 Å². The van der Waals surface area contributed by atoms with Crippen LogP contribution in [0.4, 0.5) is 4.39 Å². The Balaban J connectivity index is 2.30. The Morgan fingerprint density at radius 3 is 3.00 bits per heavy atom. The van der Waals surface area contributed by atoms with Gasteiger partial charge in [0.15, 0.2) is 12.5 Å². The lowest BCUT2D eigenvalue weighted by Crippen LogP contribution is -2.35. The molecule has 1 saturated heterocycles. The first-order valence-corrected chi connectivity index (χ1v) is 3.64. The lowest BCUT2D eigenvalue weighted by atomic mass is 9.95. The first-order valence-electron chi connectivity index (χ1n) is 3.64. The quantitative estimate of drug-likeness (QED) is 0.574. The van der Waals surface area contributed by atoms with Crippen molar-refractivity contribution in [3.63, 3.8) is 0 Å². The average molecular weight is 145 g/mol. The third-order valence-corrected chi connectivity index (χ3v) is 1.92. The minimum Gasteiger partial charge on any atom is -0.316 e. The van der Waals surface area contributed by atoms with Gasteiger partial charge in [-0.2, -0.15) is 0 Å². The molecule has 0 amide bonds. The molecule has 58 valence electrons. The molecule has 0 bridgehead atoms. The number of halogens is 1. The summed E-state index contributed by atoms with van der Waals surface area (Å²) in [6, 6.07) is 0. The molecule has 3 heteroatoms.